The first kappa shape index (κ1) is 23.8. The van der Waals surface area contributed by atoms with E-state index < -0.39 is 0 Å². The molecule has 0 unspecified atom stereocenters. The fourth-order valence-electron chi connectivity index (χ4n) is 4.10. The van der Waals surface area contributed by atoms with E-state index in [1.165, 1.54) is 0 Å². The molecule has 2 nitrogen and oxygen atoms in total. The van der Waals surface area contributed by atoms with Crippen LogP contribution in [0.2, 0.25) is 0 Å². The Morgan fingerprint density at radius 1 is 0.571 bits per heavy atom. The predicted molar refractivity (Wildman–Crippen MR) is 148 cm³/mol. The molecule has 0 radical (unpaired) electrons. The number of allylic oxidation sites excluding steroid dienone is 2. The summed E-state index contributed by atoms with van der Waals surface area (Å²) in [5.74, 6) is 1.66. The average Bonchev–Trinajstić information content (AvgIpc) is 2.93. The fourth-order valence-corrected chi connectivity index (χ4v) is 4.10. The van der Waals surface area contributed by atoms with Crippen LogP contribution in [0.4, 0.5) is 0 Å². The van der Waals surface area contributed by atoms with Crippen molar-refractivity contribution >= 4 is 17.2 Å². The maximum absolute atomic E-state index is 5.42. The van der Waals surface area contributed by atoms with E-state index in [0.29, 0.717) is 0 Å². The van der Waals surface area contributed by atoms with E-state index in [4.69, 9.17) is 9.47 Å². The van der Waals surface area contributed by atoms with Gasteiger partial charge in [-0.3, -0.25) is 0 Å². The van der Waals surface area contributed by atoms with Gasteiger partial charge >= 0.3 is 0 Å². The molecule has 0 N–H and O–H groups in total. The Morgan fingerprint density at radius 2 is 0.971 bits per heavy atom. The Bertz CT molecular complexity index is 1280. The first-order valence-corrected chi connectivity index (χ1v) is 11.6. The van der Waals surface area contributed by atoms with Crippen LogP contribution in [0.15, 0.2) is 121 Å². The Labute approximate surface area is 208 Å². The molecule has 0 atom stereocenters. The molecular weight excluding hydrogens is 428 g/mol. The van der Waals surface area contributed by atoms with Crippen molar-refractivity contribution in [3.8, 4) is 11.5 Å². The van der Waals surface area contributed by atoms with Crippen LogP contribution in [0, 0.1) is 0 Å². The average molecular weight is 459 g/mol. The third kappa shape index (κ3) is 5.62. The highest BCUT2D eigenvalue weighted by Crippen LogP contribution is 2.38. The third-order valence-electron chi connectivity index (χ3n) is 5.99. The van der Waals surface area contributed by atoms with E-state index >= 15 is 0 Å². The number of methoxy groups -OCH3 is 2. The number of hydrogen-bond acceptors (Lipinski definition) is 2. The molecule has 35 heavy (non-hydrogen) atoms. The Morgan fingerprint density at radius 3 is 1.37 bits per heavy atom. The lowest BCUT2D eigenvalue weighted by atomic mass is 9.85. The molecule has 0 fully saturated rings. The summed E-state index contributed by atoms with van der Waals surface area (Å²) in [6, 6.07) is 35.7. The van der Waals surface area contributed by atoms with E-state index in [-0.39, 0.29) is 0 Å². The maximum atomic E-state index is 5.42. The van der Waals surface area contributed by atoms with Gasteiger partial charge in [-0.2, -0.15) is 0 Å². The molecule has 0 aromatic heterocycles. The van der Waals surface area contributed by atoms with Gasteiger partial charge in [-0.15, -0.1) is 0 Å². The van der Waals surface area contributed by atoms with Crippen molar-refractivity contribution in [1.29, 1.82) is 0 Å². The van der Waals surface area contributed by atoms with Crippen LogP contribution in [0.25, 0.3) is 17.2 Å². The zero-order chi connectivity index (χ0) is 24.6. The molecule has 0 heterocycles. The van der Waals surface area contributed by atoms with Gasteiger partial charge in [0, 0.05) is 0 Å². The molecule has 0 aliphatic heterocycles. The smallest absolute Gasteiger partial charge is 0.118 e. The van der Waals surface area contributed by atoms with Gasteiger partial charge < -0.3 is 9.47 Å². The van der Waals surface area contributed by atoms with Gasteiger partial charge in [0.15, 0.2) is 0 Å². The lowest BCUT2D eigenvalue weighted by Gasteiger charge is -2.19. The minimum atomic E-state index is 0.831. The first-order chi connectivity index (χ1) is 17.1. The second-order valence-corrected chi connectivity index (χ2v) is 8.29. The van der Waals surface area contributed by atoms with Gasteiger partial charge in [0.1, 0.15) is 11.5 Å². The van der Waals surface area contributed by atoms with Crippen LogP contribution < -0.4 is 9.47 Å². The summed E-state index contributed by atoms with van der Waals surface area (Å²) in [5, 5.41) is 0. The molecule has 0 saturated carbocycles. The topological polar surface area (TPSA) is 18.5 Å². The highest BCUT2D eigenvalue weighted by Gasteiger charge is 2.16. The normalized spacial score (nSPS) is 11.0. The molecular formula is C33H30O2. The van der Waals surface area contributed by atoms with E-state index in [9.17, 15) is 0 Å². The van der Waals surface area contributed by atoms with Crippen LogP contribution in [-0.4, -0.2) is 14.2 Å². The minimum absolute atomic E-state index is 0.831. The number of ether oxygens (including phenoxy) is 2. The SMILES string of the molecule is C=C/C(C)=C/c1ccc(C(=C(c2ccc(OC)cc2)c2ccc(OC)cc2)c2ccccc2)cc1. The molecule has 2 heteroatoms. The summed E-state index contributed by atoms with van der Waals surface area (Å²) in [7, 11) is 3.38. The molecule has 0 bridgehead atoms. The second kappa shape index (κ2) is 11.2. The van der Waals surface area contributed by atoms with Crippen molar-refractivity contribution in [3.05, 3.63) is 149 Å². The molecule has 0 aliphatic rings. The molecule has 4 rings (SSSR count). The van der Waals surface area contributed by atoms with Crippen molar-refractivity contribution in [2.24, 2.45) is 0 Å². The van der Waals surface area contributed by atoms with Gasteiger partial charge in [0.05, 0.1) is 14.2 Å². The van der Waals surface area contributed by atoms with Crippen LogP contribution in [-0.2, 0) is 0 Å². The Hall–Kier alpha value is -4.30. The summed E-state index contributed by atoms with van der Waals surface area (Å²) < 4.78 is 10.8. The van der Waals surface area contributed by atoms with Crippen LogP contribution in [0.1, 0.15) is 34.7 Å². The number of hydrogen-bond donors (Lipinski definition) is 0. The monoisotopic (exact) mass is 458 g/mol. The lowest BCUT2D eigenvalue weighted by molar-refractivity contribution is 0.414. The van der Waals surface area contributed by atoms with Gasteiger partial charge in [-0.05, 0) is 70.2 Å². The van der Waals surface area contributed by atoms with E-state index in [0.717, 1.165) is 56.0 Å². The molecule has 4 aromatic rings. The highest BCUT2D eigenvalue weighted by atomic mass is 16.5. The fraction of sp³-hybridized carbons (Fsp3) is 0.0909. The van der Waals surface area contributed by atoms with Gasteiger partial charge in [-0.25, -0.2) is 0 Å². The molecule has 174 valence electrons. The molecule has 4 aromatic carbocycles. The highest BCUT2D eigenvalue weighted by molar-refractivity contribution is 6.04. The first-order valence-electron chi connectivity index (χ1n) is 11.6. The maximum Gasteiger partial charge on any atom is 0.118 e. The van der Waals surface area contributed by atoms with Crippen molar-refractivity contribution in [1.82, 2.24) is 0 Å². The van der Waals surface area contributed by atoms with E-state index in [1.807, 2.05) is 36.4 Å². The van der Waals surface area contributed by atoms with Crippen LogP contribution >= 0.6 is 0 Å². The van der Waals surface area contributed by atoms with Gasteiger partial charge in [-0.1, -0.05) is 103 Å². The molecule has 0 spiro atoms. The molecule has 0 saturated heterocycles. The predicted octanol–water partition coefficient (Wildman–Crippen LogP) is 8.30. The quantitative estimate of drug-likeness (QED) is 0.195. The largest absolute Gasteiger partial charge is 0.497 e. The minimum Gasteiger partial charge on any atom is -0.497 e. The summed E-state index contributed by atoms with van der Waals surface area (Å²) in [5.41, 5.74) is 9.11. The van der Waals surface area contributed by atoms with Gasteiger partial charge in [0.25, 0.3) is 0 Å². The summed E-state index contributed by atoms with van der Waals surface area (Å²) in [6.07, 6.45) is 4.01. The third-order valence-corrected chi connectivity index (χ3v) is 5.99. The second-order valence-electron chi connectivity index (χ2n) is 8.29. The zero-order valence-electron chi connectivity index (χ0n) is 20.5. The molecule has 0 amide bonds. The Balaban J connectivity index is 1.99. The number of rotatable bonds is 8. The van der Waals surface area contributed by atoms with Crippen molar-refractivity contribution < 1.29 is 9.47 Å². The standard InChI is InChI=1S/C33H30O2/c1-5-24(2)23-25-11-13-27(14-12-25)32(26-9-7-6-8-10-26)33(28-15-19-30(34-3)20-16-28)29-17-21-31(35-4)22-18-29/h5-23H,1H2,2-4H3/b24-23+. The Kier molecular flexibility index (Phi) is 7.64. The van der Waals surface area contributed by atoms with Crippen LogP contribution in [0.5, 0.6) is 11.5 Å². The number of benzene rings is 4. The van der Waals surface area contributed by atoms with Crippen molar-refractivity contribution in [3.63, 3.8) is 0 Å². The lowest BCUT2D eigenvalue weighted by Crippen LogP contribution is -1.98. The summed E-state index contributed by atoms with van der Waals surface area (Å²) in [4.78, 5) is 0. The van der Waals surface area contributed by atoms with E-state index in [1.54, 1.807) is 14.2 Å². The summed E-state index contributed by atoms with van der Waals surface area (Å²) in [6.45, 7) is 5.92. The van der Waals surface area contributed by atoms with E-state index in [2.05, 4.69) is 92.4 Å². The summed E-state index contributed by atoms with van der Waals surface area (Å²) >= 11 is 0. The van der Waals surface area contributed by atoms with Crippen molar-refractivity contribution in [2.45, 2.75) is 6.92 Å². The van der Waals surface area contributed by atoms with Crippen molar-refractivity contribution in [2.75, 3.05) is 14.2 Å². The molecule has 0 aliphatic carbocycles. The van der Waals surface area contributed by atoms with Crippen LogP contribution in [0.3, 0.4) is 0 Å². The zero-order valence-corrected chi connectivity index (χ0v) is 20.5. The van der Waals surface area contributed by atoms with Gasteiger partial charge in [0.2, 0.25) is 0 Å².